The lowest BCUT2D eigenvalue weighted by Crippen LogP contribution is -2.43. The zero-order valence-electron chi connectivity index (χ0n) is 8.97. The third kappa shape index (κ3) is 1.63. The normalized spacial score (nSPS) is 24.1. The molecule has 1 aromatic heterocycles. The first kappa shape index (κ1) is 9.60. The van der Waals surface area contributed by atoms with Crippen molar-refractivity contribution in [2.45, 2.75) is 25.0 Å². The van der Waals surface area contributed by atoms with Crippen LogP contribution >= 0.6 is 0 Å². The van der Waals surface area contributed by atoms with E-state index in [1.807, 2.05) is 30.3 Å². The van der Waals surface area contributed by atoms with Gasteiger partial charge in [0, 0.05) is 17.6 Å². The fourth-order valence-corrected chi connectivity index (χ4v) is 2.05. The smallest absolute Gasteiger partial charge is 0.130 e. The molecule has 0 bridgehead atoms. The quantitative estimate of drug-likeness (QED) is 0.832. The molecule has 82 valence electrons. The van der Waals surface area contributed by atoms with Crippen LogP contribution < -0.4 is 10.5 Å². The first-order valence-corrected chi connectivity index (χ1v) is 5.59. The summed E-state index contributed by atoms with van der Waals surface area (Å²) in [6.45, 7) is 0. The summed E-state index contributed by atoms with van der Waals surface area (Å²) >= 11 is 0. The predicted octanol–water partition coefficient (Wildman–Crippen LogP) is 2.10. The maximum absolute atomic E-state index is 5.91. The summed E-state index contributed by atoms with van der Waals surface area (Å²) < 4.78 is 5.91. The molecule has 0 amide bonds. The Balaban J connectivity index is 1.91. The van der Waals surface area contributed by atoms with E-state index in [2.05, 4.69) is 4.98 Å². The molecule has 0 radical (unpaired) electrons. The molecule has 1 fully saturated rings. The minimum Gasteiger partial charge on any atom is -0.490 e. The number of fused-ring (bicyclic) bond motifs is 1. The molecular weight excluding hydrogens is 200 g/mol. The number of para-hydroxylation sites is 1. The van der Waals surface area contributed by atoms with Gasteiger partial charge in [0.15, 0.2) is 0 Å². The van der Waals surface area contributed by atoms with Gasteiger partial charge in [0.1, 0.15) is 11.9 Å². The van der Waals surface area contributed by atoms with Crippen LogP contribution in [0, 0.1) is 0 Å². The number of pyridine rings is 1. The average molecular weight is 214 g/mol. The van der Waals surface area contributed by atoms with Crippen LogP contribution in [0.1, 0.15) is 12.8 Å². The van der Waals surface area contributed by atoms with E-state index in [4.69, 9.17) is 10.5 Å². The van der Waals surface area contributed by atoms with Crippen LogP contribution in [0.25, 0.3) is 10.9 Å². The average Bonchev–Trinajstić information content (AvgIpc) is 2.27. The highest BCUT2D eigenvalue weighted by Gasteiger charge is 2.27. The highest BCUT2D eigenvalue weighted by molar-refractivity contribution is 5.84. The second-order valence-corrected chi connectivity index (χ2v) is 4.30. The lowest BCUT2D eigenvalue weighted by atomic mass is 9.90. The van der Waals surface area contributed by atoms with Crippen molar-refractivity contribution >= 4 is 10.9 Å². The highest BCUT2D eigenvalue weighted by Crippen LogP contribution is 2.29. The van der Waals surface area contributed by atoms with E-state index < -0.39 is 0 Å². The monoisotopic (exact) mass is 214 g/mol. The van der Waals surface area contributed by atoms with Gasteiger partial charge in [0.2, 0.25) is 0 Å². The van der Waals surface area contributed by atoms with Crippen LogP contribution in [0.15, 0.2) is 36.5 Å². The third-order valence-electron chi connectivity index (χ3n) is 3.03. The number of rotatable bonds is 2. The fraction of sp³-hybridized carbons (Fsp3) is 0.308. The van der Waals surface area contributed by atoms with Crippen molar-refractivity contribution in [1.29, 1.82) is 0 Å². The molecule has 0 saturated heterocycles. The van der Waals surface area contributed by atoms with Crippen LogP contribution in [-0.2, 0) is 0 Å². The maximum atomic E-state index is 5.91. The number of nitrogens with two attached hydrogens (primary N) is 1. The number of aromatic nitrogens is 1. The maximum Gasteiger partial charge on any atom is 0.130 e. The van der Waals surface area contributed by atoms with E-state index in [0.29, 0.717) is 6.04 Å². The Bertz CT molecular complexity index is 501. The van der Waals surface area contributed by atoms with E-state index in [9.17, 15) is 0 Å². The highest BCUT2D eigenvalue weighted by atomic mass is 16.5. The third-order valence-corrected chi connectivity index (χ3v) is 3.03. The van der Waals surface area contributed by atoms with Crippen LogP contribution in [0.4, 0.5) is 0 Å². The number of hydrogen-bond acceptors (Lipinski definition) is 3. The molecule has 3 nitrogen and oxygen atoms in total. The first-order valence-electron chi connectivity index (χ1n) is 5.59. The molecular formula is C13H14N2O. The molecule has 1 aliphatic rings. The van der Waals surface area contributed by atoms with Crippen LogP contribution in [0.2, 0.25) is 0 Å². The van der Waals surface area contributed by atoms with Gasteiger partial charge in [-0.05, 0) is 31.0 Å². The van der Waals surface area contributed by atoms with Crippen molar-refractivity contribution in [3.8, 4) is 5.75 Å². The van der Waals surface area contributed by atoms with E-state index in [1.54, 1.807) is 6.20 Å². The predicted molar refractivity (Wildman–Crippen MR) is 63.4 cm³/mol. The molecule has 0 unspecified atom stereocenters. The van der Waals surface area contributed by atoms with Crippen molar-refractivity contribution in [2.24, 2.45) is 5.73 Å². The molecule has 0 atom stereocenters. The van der Waals surface area contributed by atoms with Crippen LogP contribution in [-0.4, -0.2) is 17.1 Å². The van der Waals surface area contributed by atoms with Gasteiger partial charge in [-0.3, -0.25) is 4.98 Å². The van der Waals surface area contributed by atoms with Crippen LogP contribution in [0.5, 0.6) is 5.75 Å². The molecule has 3 heteroatoms. The van der Waals surface area contributed by atoms with Gasteiger partial charge in [0.25, 0.3) is 0 Å². The molecule has 2 N–H and O–H groups in total. The number of ether oxygens (including phenoxy) is 1. The van der Waals surface area contributed by atoms with Gasteiger partial charge >= 0.3 is 0 Å². The number of benzene rings is 1. The summed E-state index contributed by atoms with van der Waals surface area (Å²) in [6.07, 6.45) is 3.98. The van der Waals surface area contributed by atoms with E-state index in [0.717, 1.165) is 29.5 Å². The summed E-state index contributed by atoms with van der Waals surface area (Å²) in [5, 5.41) is 1.07. The minimum absolute atomic E-state index is 0.279. The van der Waals surface area contributed by atoms with Gasteiger partial charge in [-0.1, -0.05) is 12.1 Å². The second kappa shape index (κ2) is 3.76. The summed E-state index contributed by atoms with van der Waals surface area (Å²) in [4.78, 5) is 4.30. The Hall–Kier alpha value is -1.61. The SMILES string of the molecule is NC1CC(Oc2ccnc3ccccc23)C1. The Morgan fingerprint density at radius 1 is 1.19 bits per heavy atom. The summed E-state index contributed by atoms with van der Waals surface area (Å²) in [6, 6.07) is 10.3. The van der Waals surface area contributed by atoms with Crippen LogP contribution in [0.3, 0.4) is 0 Å². The lowest BCUT2D eigenvalue weighted by molar-refractivity contribution is 0.102. The molecule has 3 rings (SSSR count). The number of hydrogen-bond donors (Lipinski definition) is 1. The van der Waals surface area contributed by atoms with Gasteiger partial charge in [-0.15, -0.1) is 0 Å². The Labute approximate surface area is 94.2 Å². The molecule has 0 aliphatic heterocycles. The molecule has 1 heterocycles. The van der Waals surface area contributed by atoms with Crippen molar-refractivity contribution in [1.82, 2.24) is 4.98 Å². The fourth-order valence-electron chi connectivity index (χ4n) is 2.05. The van der Waals surface area contributed by atoms with Crippen molar-refractivity contribution in [2.75, 3.05) is 0 Å². The zero-order chi connectivity index (χ0) is 11.0. The van der Waals surface area contributed by atoms with E-state index >= 15 is 0 Å². The number of nitrogens with zero attached hydrogens (tertiary/aromatic N) is 1. The standard InChI is InChI=1S/C13H14N2O/c14-9-7-10(8-9)16-13-5-6-15-12-4-2-1-3-11(12)13/h1-6,9-10H,7-8,14H2. The molecule has 1 saturated carbocycles. The Morgan fingerprint density at radius 2 is 2.00 bits per heavy atom. The van der Waals surface area contributed by atoms with Gasteiger partial charge in [-0.25, -0.2) is 0 Å². The molecule has 1 aliphatic carbocycles. The topological polar surface area (TPSA) is 48.1 Å². The minimum atomic E-state index is 0.279. The Morgan fingerprint density at radius 3 is 2.81 bits per heavy atom. The lowest BCUT2D eigenvalue weighted by Gasteiger charge is -2.32. The molecule has 2 aromatic rings. The molecule has 16 heavy (non-hydrogen) atoms. The van der Waals surface area contributed by atoms with Crippen molar-refractivity contribution in [3.05, 3.63) is 36.5 Å². The molecule has 0 spiro atoms. The zero-order valence-corrected chi connectivity index (χ0v) is 8.97. The summed E-state index contributed by atoms with van der Waals surface area (Å²) in [7, 11) is 0. The second-order valence-electron chi connectivity index (χ2n) is 4.30. The Kier molecular flexibility index (Phi) is 2.26. The van der Waals surface area contributed by atoms with Crippen molar-refractivity contribution < 1.29 is 4.74 Å². The summed E-state index contributed by atoms with van der Waals surface area (Å²) in [5.41, 5.74) is 6.72. The van der Waals surface area contributed by atoms with Gasteiger partial charge in [0.05, 0.1) is 5.52 Å². The van der Waals surface area contributed by atoms with Crippen molar-refractivity contribution in [3.63, 3.8) is 0 Å². The largest absolute Gasteiger partial charge is 0.490 e. The first-order chi connectivity index (χ1) is 7.83. The van der Waals surface area contributed by atoms with Gasteiger partial charge in [-0.2, -0.15) is 0 Å². The van der Waals surface area contributed by atoms with Gasteiger partial charge < -0.3 is 10.5 Å². The summed E-state index contributed by atoms with van der Waals surface area (Å²) in [5.74, 6) is 0.919. The van der Waals surface area contributed by atoms with E-state index in [-0.39, 0.29) is 6.10 Å². The molecule has 1 aromatic carbocycles. The van der Waals surface area contributed by atoms with E-state index in [1.165, 1.54) is 0 Å².